The third-order valence-corrected chi connectivity index (χ3v) is 3.85. The van der Waals surface area contributed by atoms with Crippen molar-refractivity contribution in [3.63, 3.8) is 0 Å². The van der Waals surface area contributed by atoms with E-state index in [1.54, 1.807) is 12.1 Å². The van der Waals surface area contributed by atoms with Gasteiger partial charge >= 0.3 is 0 Å². The van der Waals surface area contributed by atoms with E-state index >= 15 is 0 Å². The Kier molecular flexibility index (Phi) is 2.23. The van der Waals surface area contributed by atoms with Crippen molar-refractivity contribution in [2.45, 2.75) is 19.3 Å². The monoisotopic (exact) mass is 254 g/mol. The Morgan fingerprint density at radius 2 is 1.68 bits per heavy atom. The standard InChI is InChI=1S/C16H14O3/c1-16(2)11-6-4-3-5-10(11)15(19)14-12(16)7-9(17)8-13(14)18/h3-8,17-18H,1-2H3. The summed E-state index contributed by atoms with van der Waals surface area (Å²) in [7, 11) is 0. The summed E-state index contributed by atoms with van der Waals surface area (Å²) in [5.41, 5.74) is 2.05. The third kappa shape index (κ3) is 1.48. The summed E-state index contributed by atoms with van der Waals surface area (Å²) >= 11 is 0. The molecule has 0 spiro atoms. The highest BCUT2D eigenvalue weighted by molar-refractivity contribution is 6.14. The van der Waals surface area contributed by atoms with E-state index in [1.807, 2.05) is 32.0 Å². The van der Waals surface area contributed by atoms with E-state index in [-0.39, 0.29) is 17.3 Å². The van der Waals surface area contributed by atoms with Crippen molar-refractivity contribution in [2.75, 3.05) is 0 Å². The van der Waals surface area contributed by atoms with Crippen molar-refractivity contribution in [2.24, 2.45) is 0 Å². The smallest absolute Gasteiger partial charge is 0.197 e. The lowest BCUT2D eigenvalue weighted by Gasteiger charge is -2.34. The van der Waals surface area contributed by atoms with E-state index in [9.17, 15) is 15.0 Å². The highest BCUT2D eigenvalue weighted by atomic mass is 16.3. The van der Waals surface area contributed by atoms with E-state index in [0.29, 0.717) is 16.7 Å². The van der Waals surface area contributed by atoms with Gasteiger partial charge in [-0.1, -0.05) is 38.1 Å². The number of ketones is 1. The van der Waals surface area contributed by atoms with Gasteiger partial charge in [0.2, 0.25) is 0 Å². The zero-order valence-electron chi connectivity index (χ0n) is 10.8. The van der Waals surface area contributed by atoms with E-state index < -0.39 is 5.41 Å². The molecule has 0 saturated carbocycles. The lowest BCUT2D eigenvalue weighted by molar-refractivity contribution is 0.102. The molecule has 0 unspecified atom stereocenters. The average molecular weight is 254 g/mol. The molecule has 0 bridgehead atoms. The van der Waals surface area contributed by atoms with Gasteiger partial charge in [-0.15, -0.1) is 0 Å². The molecule has 0 aliphatic heterocycles. The van der Waals surface area contributed by atoms with Crippen LogP contribution in [0.4, 0.5) is 0 Å². The van der Waals surface area contributed by atoms with Crippen molar-refractivity contribution in [1.29, 1.82) is 0 Å². The van der Waals surface area contributed by atoms with Gasteiger partial charge in [-0.2, -0.15) is 0 Å². The maximum absolute atomic E-state index is 12.5. The number of rotatable bonds is 0. The number of carbonyl (C=O) groups excluding carboxylic acids is 1. The fourth-order valence-corrected chi connectivity index (χ4v) is 2.85. The Balaban J connectivity index is 2.41. The molecule has 19 heavy (non-hydrogen) atoms. The predicted octanol–water partition coefficient (Wildman–Crippen LogP) is 2.97. The van der Waals surface area contributed by atoms with Gasteiger partial charge in [0.05, 0.1) is 5.56 Å². The van der Waals surface area contributed by atoms with Gasteiger partial charge in [0.25, 0.3) is 0 Å². The quantitative estimate of drug-likeness (QED) is 0.760. The van der Waals surface area contributed by atoms with Crippen molar-refractivity contribution in [3.8, 4) is 11.5 Å². The van der Waals surface area contributed by atoms with Crippen molar-refractivity contribution >= 4 is 5.78 Å². The molecular weight excluding hydrogens is 240 g/mol. The molecule has 0 fully saturated rings. The zero-order valence-corrected chi connectivity index (χ0v) is 10.8. The van der Waals surface area contributed by atoms with Gasteiger partial charge in [0.15, 0.2) is 5.78 Å². The van der Waals surface area contributed by atoms with E-state index in [1.165, 1.54) is 6.07 Å². The SMILES string of the molecule is CC1(C)c2ccccc2C(=O)c2c(O)cc(O)cc21. The molecule has 1 aliphatic carbocycles. The minimum Gasteiger partial charge on any atom is -0.508 e. The van der Waals surface area contributed by atoms with Gasteiger partial charge in [-0.3, -0.25) is 4.79 Å². The van der Waals surface area contributed by atoms with Gasteiger partial charge in [-0.25, -0.2) is 0 Å². The molecule has 2 aromatic carbocycles. The molecular formula is C16H14O3. The number of phenols is 2. The number of hydrogen-bond donors (Lipinski definition) is 2. The van der Waals surface area contributed by atoms with Crippen LogP contribution in [0.5, 0.6) is 11.5 Å². The summed E-state index contributed by atoms with van der Waals surface area (Å²) in [6.07, 6.45) is 0. The maximum atomic E-state index is 12.5. The van der Waals surface area contributed by atoms with Crippen LogP contribution in [0.15, 0.2) is 36.4 Å². The Bertz CT molecular complexity index is 699. The van der Waals surface area contributed by atoms with E-state index in [4.69, 9.17) is 0 Å². The molecule has 3 heteroatoms. The predicted molar refractivity (Wildman–Crippen MR) is 71.8 cm³/mol. The van der Waals surface area contributed by atoms with Crippen LogP contribution in [-0.4, -0.2) is 16.0 Å². The first kappa shape index (κ1) is 11.8. The molecule has 3 rings (SSSR count). The molecule has 0 aromatic heterocycles. The highest BCUT2D eigenvalue weighted by Gasteiger charge is 2.38. The molecule has 2 aromatic rings. The Hall–Kier alpha value is -2.29. The molecule has 2 N–H and O–H groups in total. The molecule has 0 heterocycles. The van der Waals surface area contributed by atoms with Gasteiger partial charge in [0.1, 0.15) is 11.5 Å². The van der Waals surface area contributed by atoms with Crippen LogP contribution in [0, 0.1) is 0 Å². The number of fused-ring (bicyclic) bond motifs is 2. The second-order valence-corrected chi connectivity index (χ2v) is 5.39. The third-order valence-electron chi connectivity index (χ3n) is 3.85. The fourth-order valence-electron chi connectivity index (χ4n) is 2.85. The first-order chi connectivity index (χ1) is 8.93. The highest BCUT2D eigenvalue weighted by Crippen LogP contribution is 2.45. The van der Waals surface area contributed by atoms with Crippen molar-refractivity contribution < 1.29 is 15.0 Å². The molecule has 0 atom stereocenters. The first-order valence-corrected chi connectivity index (χ1v) is 6.13. The normalized spacial score (nSPS) is 15.8. The minimum absolute atomic E-state index is 0.0310. The Labute approximate surface area is 111 Å². The molecule has 96 valence electrons. The van der Waals surface area contributed by atoms with Crippen LogP contribution in [0.2, 0.25) is 0 Å². The second kappa shape index (κ2) is 3.60. The number of phenolic OH excluding ortho intramolecular Hbond substituents is 2. The topological polar surface area (TPSA) is 57.5 Å². The summed E-state index contributed by atoms with van der Waals surface area (Å²) in [5, 5.41) is 19.6. The number of hydrogen-bond acceptors (Lipinski definition) is 3. The van der Waals surface area contributed by atoms with E-state index in [0.717, 1.165) is 5.56 Å². The van der Waals surface area contributed by atoms with Crippen LogP contribution in [0.3, 0.4) is 0 Å². The minimum atomic E-state index is -0.434. The number of aromatic hydroxyl groups is 2. The fraction of sp³-hybridized carbons (Fsp3) is 0.188. The maximum Gasteiger partial charge on any atom is 0.197 e. The van der Waals surface area contributed by atoms with E-state index in [2.05, 4.69) is 0 Å². The van der Waals surface area contributed by atoms with Gasteiger partial charge in [0, 0.05) is 17.0 Å². The van der Waals surface area contributed by atoms with Crippen LogP contribution < -0.4 is 0 Å². The summed E-state index contributed by atoms with van der Waals surface area (Å²) < 4.78 is 0. The Morgan fingerprint density at radius 1 is 1.00 bits per heavy atom. The second-order valence-electron chi connectivity index (χ2n) is 5.39. The summed E-state index contributed by atoms with van der Waals surface area (Å²) in [4.78, 5) is 12.5. The van der Waals surface area contributed by atoms with Crippen LogP contribution in [0.1, 0.15) is 40.9 Å². The number of benzene rings is 2. The van der Waals surface area contributed by atoms with Gasteiger partial charge in [-0.05, 0) is 17.2 Å². The lowest BCUT2D eigenvalue weighted by Crippen LogP contribution is -2.30. The van der Waals surface area contributed by atoms with Crippen molar-refractivity contribution in [1.82, 2.24) is 0 Å². The molecule has 0 radical (unpaired) electrons. The lowest BCUT2D eigenvalue weighted by atomic mass is 9.68. The van der Waals surface area contributed by atoms with Crippen molar-refractivity contribution in [3.05, 3.63) is 58.7 Å². The molecule has 0 saturated heterocycles. The molecule has 0 amide bonds. The summed E-state index contributed by atoms with van der Waals surface area (Å²) in [6, 6.07) is 10.2. The average Bonchev–Trinajstić information content (AvgIpc) is 2.36. The largest absolute Gasteiger partial charge is 0.508 e. The summed E-state index contributed by atoms with van der Waals surface area (Å²) in [5.74, 6) is -0.387. The van der Waals surface area contributed by atoms with Crippen LogP contribution in [-0.2, 0) is 5.41 Å². The first-order valence-electron chi connectivity index (χ1n) is 6.13. The molecule has 1 aliphatic rings. The van der Waals surface area contributed by atoms with Crippen LogP contribution in [0.25, 0.3) is 0 Å². The zero-order chi connectivity index (χ0) is 13.8. The Morgan fingerprint density at radius 3 is 2.42 bits per heavy atom. The summed E-state index contributed by atoms with van der Waals surface area (Å²) in [6.45, 7) is 3.96. The van der Waals surface area contributed by atoms with Crippen LogP contribution >= 0.6 is 0 Å². The number of carbonyl (C=O) groups is 1. The van der Waals surface area contributed by atoms with Gasteiger partial charge < -0.3 is 10.2 Å². The molecule has 3 nitrogen and oxygen atoms in total.